The van der Waals surface area contributed by atoms with Crippen molar-refractivity contribution in [1.82, 2.24) is 0 Å². The van der Waals surface area contributed by atoms with Gasteiger partial charge in [-0.25, -0.2) is 0 Å². The van der Waals surface area contributed by atoms with Gasteiger partial charge in [-0.05, 0) is 66.5 Å². The van der Waals surface area contributed by atoms with Gasteiger partial charge in [-0.3, -0.25) is 0 Å². The van der Waals surface area contributed by atoms with E-state index in [1.54, 1.807) is 11.8 Å². The Labute approximate surface area is 197 Å². The van der Waals surface area contributed by atoms with Gasteiger partial charge in [-0.1, -0.05) is 69.7 Å². The maximum Gasteiger partial charge on any atom is 0.124 e. The minimum atomic E-state index is -0.0514. The van der Waals surface area contributed by atoms with Gasteiger partial charge in [0.05, 0.1) is 0 Å². The summed E-state index contributed by atoms with van der Waals surface area (Å²) in [6.45, 7) is 7.42. The molecule has 0 aliphatic carbocycles. The van der Waals surface area contributed by atoms with E-state index in [-0.39, 0.29) is 11.5 Å². The van der Waals surface area contributed by atoms with Crippen molar-refractivity contribution in [2.75, 3.05) is 6.26 Å². The topological polar surface area (TPSA) is 18.5 Å². The van der Waals surface area contributed by atoms with Crippen LogP contribution in [0.15, 0.2) is 71.6 Å². The van der Waals surface area contributed by atoms with Gasteiger partial charge < -0.3 is 9.47 Å². The molecule has 1 aliphatic rings. The van der Waals surface area contributed by atoms with Crippen LogP contribution in [-0.2, 0) is 24.9 Å². The average Bonchev–Trinajstić information content (AvgIpc) is 3.06. The molecule has 0 bridgehead atoms. The number of aryl methyl sites for hydroxylation is 2. The van der Waals surface area contributed by atoms with Crippen LogP contribution in [0.25, 0.3) is 0 Å². The SMILES string of the molecule is CCCc1cc2c(cc1OCc1ccccc1)C(C)(C)C(CCc1ccc(SC)cc1)O2. The fourth-order valence-corrected chi connectivity index (χ4v) is 4.93. The van der Waals surface area contributed by atoms with E-state index in [4.69, 9.17) is 9.47 Å². The van der Waals surface area contributed by atoms with Crippen LogP contribution >= 0.6 is 11.8 Å². The molecule has 1 heterocycles. The number of thioether (sulfide) groups is 1. The summed E-state index contributed by atoms with van der Waals surface area (Å²) in [5, 5.41) is 0. The van der Waals surface area contributed by atoms with Crippen LogP contribution in [0, 0.1) is 0 Å². The van der Waals surface area contributed by atoms with E-state index in [0.29, 0.717) is 6.61 Å². The van der Waals surface area contributed by atoms with Crippen LogP contribution in [0.3, 0.4) is 0 Å². The molecule has 3 aromatic carbocycles. The van der Waals surface area contributed by atoms with Gasteiger partial charge >= 0.3 is 0 Å². The minimum Gasteiger partial charge on any atom is -0.489 e. The van der Waals surface area contributed by atoms with E-state index in [1.165, 1.54) is 27.1 Å². The molecule has 0 amide bonds. The largest absolute Gasteiger partial charge is 0.489 e. The Hall–Kier alpha value is -2.39. The van der Waals surface area contributed by atoms with Crippen LogP contribution < -0.4 is 9.47 Å². The zero-order valence-electron chi connectivity index (χ0n) is 19.7. The molecule has 0 N–H and O–H groups in total. The van der Waals surface area contributed by atoms with E-state index >= 15 is 0 Å². The van der Waals surface area contributed by atoms with Crippen LogP contribution in [-0.4, -0.2) is 12.4 Å². The molecule has 0 radical (unpaired) electrons. The van der Waals surface area contributed by atoms with Gasteiger partial charge in [0.25, 0.3) is 0 Å². The van der Waals surface area contributed by atoms with E-state index in [9.17, 15) is 0 Å². The van der Waals surface area contributed by atoms with Crippen molar-refractivity contribution in [3.63, 3.8) is 0 Å². The maximum atomic E-state index is 6.53. The second kappa shape index (κ2) is 10.0. The number of rotatable bonds is 9. The molecule has 0 aromatic heterocycles. The highest BCUT2D eigenvalue weighted by molar-refractivity contribution is 7.98. The lowest BCUT2D eigenvalue weighted by Crippen LogP contribution is -2.32. The Balaban J connectivity index is 1.51. The maximum absolute atomic E-state index is 6.53. The first-order valence-corrected chi connectivity index (χ1v) is 12.9. The van der Waals surface area contributed by atoms with E-state index < -0.39 is 0 Å². The molecule has 2 nitrogen and oxygen atoms in total. The molecule has 32 heavy (non-hydrogen) atoms. The number of hydrogen-bond donors (Lipinski definition) is 0. The monoisotopic (exact) mass is 446 g/mol. The van der Waals surface area contributed by atoms with Crippen molar-refractivity contribution in [2.45, 2.75) is 69.5 Å². The Bertz CT molecular complexity index is 1030. The van der Waals surface area contributed by atoms with Gasteiger partial charge in [-0.15, -0.1) is 11.8 Å². The summed E-state index contributed by atoms with van der Waals surface area (Å²) in [6, 6.07) is 23.8. The lowest BCUT2D eigenvalue weighted by atomic mass is 9.78. The predicted octanol–water partition coefficient (Wildman–Crippen LogP) is 7.61. The molecule has 4 rings (SSSR count). The van der Waals surface area contributed by atoms with Crippen molar-refractivity contribution in [1.29, 1.82) is 0 Å². The lowest BCUT2D eigenvalue weighted by Gasteiger charge is -2.26. The standard InChI is InChI=1S/C29H34O2S/c1-5-9-23-18-27-25(19-26(23)30-20-22-10-7-6-8-11-22)29(2,3)28(31-27)17-14-21-12-15-24(32-4)16-13-21/h6-8,10-13,15-16,18-19,28H,5,9,14,17,20H2,1-4H3. The predicted molar refractivity (Wildman–Crippen MR) is 135 cm³/mol. The molecule has 0 fully saturated rings. The van der Waals surface area contributed by atoms with Crippen LogP contribution in [0.5, 0.6) is 11.5 Å². The van der Waals surface area contributed by atoms with Crippen molar-refractivity contribution in [3.8, 4) is 11.5 Å². The molecule has 168 valence electrons. The number of benzene rings is 3. The Morgan fingerprint density at radius 2 is 1.69 bits per heavy atom. The molecule has 0 spiro atoms. The van der Waals surface area contributed by atoms with Crippen molar-refractivity contribution in [3.05, 3.63) is 89.0 Å². The smallest absolute Gasteiger partial charge is 0.124 e. The molecule has 3 aromatic rings. The summed E-state index contributed by atoms with van der Waals surface area (Å²) in [5.41, 5.74) is 5.02. The average molecular weight is 447 g/mol. The normalized spacial score (nSPS) is 16.4. The first kappa shape index (κ1) is 22.8. The minimum absolute atomic E-state index is 0.0514. The summed E-state index contributed by atoms with van der Waals surface area (Å²) in [5.74, 6) is 2.03. The lowest BCUT2D eigenvalue weighted by molar-refractivity contribution is 0.155. The summed E-state index contributed by atoms with van der Waals surface area (Å²) >= 11 is 1.78. The van der Waals surface area contributed by atoms with Crippen LogP contribution in [0.4, 0.5) is 0 Å². The zero-order valence-corrected chi connectivity index (χ0v) is 20.5. The number of ether oxygens (including phenoxy) is 2. The molecule has 0 saturated carbocycles. The van der Waals surface area contributed by atoms with Crippen LogP contribution in [0.1, 0.15) is 55.9 Å². The van der Waals surface area contributed by atoms with E-state index in [0.717, 1.165) is 37.2 Å². The third-order valence-electron chi connectivity index (χ3n) is 6.54. The fraction of sp³-hybridized carbons (Fsp3) is 0.379. The number of hydrogen-bond acceptors (Lipinski definition) is 3. The van der Waals surface area contributed by atoms with Crippen molar-refractivity contribution >= 4 is 11.8 Å². The van der Waals surface area contributed by atoms with Gasteiger partial charge in [0.1, 0.15) is 24.2 Å². The van der Waals surface area contributed by atoms with Gasteiger partial charge in [0, 0.05) is 15.9 Å². The van der Waals surface area contributed by atoms with E-state index in [2.05, 4.69) is 87.7 Å². The third kappa shape index (κ3) is 4.99. The first-order valence-electron chi connectivity index (χ1n) is 11.6. The Kier molecular flexibility index (Phi) is 7.15. The summed E-state index contributed by atoms with van der Waals surface area (Å²) in [4.78, 5) is 1.31. The second-order valence-corrected chi connectivity index (χ2v) is 10.1. The Morgan fingerprint density at radius 1 is 0.938 bits per heavy atom. The third-order valence-corrected chi connectivity index (χ3v) is 7.29. The highest BCUT2D eigenvalue weighted by Gasteiger charge is 2.41. The highest BCUT2D eigenvalue weighted by atomic mass is 32.2. The summed E-state index contributed by atoms with van der Waals surface area (Å²) < 4.78 is 12.9. The van der Waals surface area contributed by atoms with E-state index in [1.807, 2.05) is 6.07 Å². The van der Waals surface area contributed by atoms with Crippen LogP contribution in [0.2, 0.25) is 0 Å². The molecular weight excluding hydrogens is 412 g/mol. The van der Waals surface area contributed by atoms with Crippen molar-refractivity contribution in [2.24, 2.45) is 0 Å². The fourth-order valence-electron chi connectivity index (χ4n) is 4.52. The molecular formula is C29H34O2S. The highest BCUT2D eigenvalue weighted by Crippen LogP contribution is 2.47. The van der Waals surface area contributed by atoms with Crippen molar-refractivity contribution < 1.29 is 9.47 Å². The number of fused-ring (bicyclic) bond motifs is 1. The zero-order chi connectivity index (χ0) is 22.6. The molecule has 1 atom stereocenters. The molecule has 0 saturated heterocycles. The molecule has 1 aliphatic heterocycles. The second-order valence-electron chi connectivity index (χ2n) is 9.20. The molecule has 3 heteroatoms. The summed E-state index contributed by atoms with van der Waals surface area (Å²) in [7, 11) is 0. The molecule has 1 unspecified atom stereocenters. The first-order chi connectivity index (χ1) is 15.5. The van der Waals surface area contributed by atoms with Gasteiger partial charge in [0.2, 0.25) is 0 Å². The van der Waals surface area contributed by atoms with Gasteiger partial charge in [0.15, 0.2) is 0 Å². The van der Waals surface area contributed by atoms with Gasteiger partial charge in [-0.2, -0.15) is 0 Å². The summed E-state index contributed by atoms with van der Waals surface area (Å²) in [6.07, 6.45) is 6.38. The quantitative estimate of drug-likeness (QED) is 0.315. The Morgan fingerprint density at radius 3 is 2.38 bits per heavy atom.